The van der Waals surface area contributed by atoms with Crippen LogP contribution >= 0.6 is 11.3 Å². The van der Waals surface area contributed by atoms with E-state index < -0.39 is 17.1 Å². The van der Waals surface area contributed by atoms with Crippen molar-refractivity contribution in [3.63, 3.8) is 0 Å². The Hall–Kier alpha value is -1.85. The van der Waals surface area contributed by atoms with Crippen LogP contribution < -0.4 is 0 Å². The van der Waals surface area contributed by atoms with Crippen LogP contribution in [0.15, 0.2) is 24.4 Å². The topological polar surface area (TPSA) is 56.3 Å². The van der Waals surface area contributed by atoms with Crippen LogP contribution in [0.2, 0.25) is 0 Å². The zero-order chi connectivity index (χ0) is 18.6. The highest BCUT2D eigenvalue weighted by atomic mass is 32.1. The van der Waals surface area contributed by atoms with E-state index in [0.29, 0.717) is 0 Å². The summed E-state index contributed by atoms with van der Waals surface area (Å²) >= 11 is 1.60. The summed E-state index contributed by atoms with van der Waals surface area (Å²) in [5.74, 6) is -1.18. The molecule has 0 bridgehead atoms. The van der Waals surface area contributed by atoms with Crippen LogP contribution in [-0.2, 0) is 14.3 Å². The van der Waals surface area contributed by atoms with Gasteiger partial charge in [-0.05, 0) is 58.7 Å². The number of aromatic nitrogens is 1. The molecule has 1 fully saturated rings. The third kappa shape index (κ3) is 3.07. The van der Waals surface area contributed by atoms with Crippen molar-refractivity contribution in [2.75, 3.05) is 0 Å². The second kappa shape index (κ2) is 5.85. The Labute approximate surface area is 152 Å². The smallest absolute Gasteiger partial charge is 0.179 e. The van der Waals surface area contributed by atoms with Crippen LogP contribution in [0.25, 0.3) is 10.6 Å². The van der Waals surface area contributed by atoms with E-state index in [4.69, 9.17) is 4.74 Å². The van der Waals surface area contributed by atoms with E-state index in [9.17, 15) is 9.59 Å². The van der Waals surface area contributed by atoms with Crippen molar-refractivity contribution in [2.45, 2.75) is 58.7 Å². The van der Waals surface area contributed by atoms with E-state index in [1.54, 1.807) is 39.0 Å². The molecule has 3 rings (SSSR count). The number of carbonyl (C=O) groups is 2. The number of Topliss-reactive ketones (excluding diaryl/α,β-unsaturated/α-hetero) is 2. The first-order chi connectivity index (χ1) is 11.5. The molecular weight excluding hydrogens is 334 g/mol. The van der Waals surface area contributed by atoms with Gasteiger partial charge in [-0.2, -0.15) is 0 Å². The maximum Gasteiger partial charge on any atom is 0.179 e. The quantitative estimate of drug-likeness (QED) is 0.755. The average molecular weight is 357 g/mol. The summed E-state index contributed by atoms with van der Waals surface area (Å²) in [5.41, 5.74) is 0.619. The molecule has 0 unspecified atom stereocenters. The third-order valence-electron chi connectivity index (χ3n) is 4.68. The van der Waals surface area contributed by atoms with Gasteiger partial charge in [0.15, 0.2) is 11.6 Å². The fourth-order valence-corrected chi connectivity index (χ4v) is 4.17. The highest BCUT2D eigenvalue weighted by Crippen LogP contribution is 2.40. The van der Waals surface area contributed by atoms with Crippen molar-refractivity contribution < 1.29 is 14.3 Å². The molecule has 5 heteroatoms. The second-order valence-electron chi connectivity index (χ2n) is 7.63. The summed E-state index contributed by atoms with van der Waals surface area (Å²) in [6, 6.07) is 5.88. The Morgan fingerprint density at radius 3 is 2.16 bits per heavy atom. The average Bonchev–Trinajstić information content (AvgIpc) is 2.93. The summed E-state index contributed by atoms with van der Waals surface area (Å²) < 4.78 is 5.79. The van der Waals surface area contributed by atoms with Crippen LogP contribution in [-0.4, -0.2) is 27.8 Å². The molecule has 0 atom stereocenters. The van der Waals surface area contributed by atoms with Gasteiger partial charge in [0.05, 0.1) is 0 Å². The minimum atomic E-state index is -0.998. The van der Waals surface area contributed by atoms with Gasteiger partial charge >= 0.3 is 0 Å². The molecule has 1 aliphatic rings. The molecule has 1 aromatic heterocycles. The van der Waals surface area contributed by atoms with Crippen molar-refractivity contribution >= 4 is 22.9 Å². The molecule has 2 heterocycles. The predicted molar refractivity (Wildman–Crippen MR) is 99.0 cm³/mol. The molecular formula is C20H23NO3S. The highest BCUT2D eigenvalue weighted by Gasteiger charge is 2.53. The molecule has 4 nitrogen and oxygen atoms in total. The van der Waals surface area contributed by atoms with E-state index in [-0.39, 0.29) is 11.6 Å². The molecule has 0 N–H and O–H groups in total. The van der Waals surface area contributed by atoms with Crippen molar-refractivity contribution in [2.24, 2.45) is 0 Å². The molecule has 0 radical (unpaired) electrons. The molecule has 1 aromatic carbocycles. The van der Waals surface area contributed by atoms with Crippen LogP contribution in [0.5, 0.6) is 0 Å². The van der Waals surface area contributed by atoms with Gasteiger partial charge < -0.3 is 4.74 Å². The van der Waals surface area contributed by atoms with Gasteiger partial charge in [-0.15, -0.1) is 11.3 Å². The molecule has 0 aliphatic carbocycles. The molecule has 0 amide bonds. The van der Waals surface area contributed by atoms with E-state index in [1.165, 1.54) is 0 Å². The molecule has 132 valence electrons. The fraction of sp³-hybridized carbons (Fsp3) is 0.450. The summed E-state index contributed by atoms with van der Waals surface area (Å²) in [5, 5.41) is 0.893. The van der Waals surface area contributed by atoms with Crippen LogP contribution in [0.4, 0.5) is 0 Å². The predicted octanol–water partition coefficient (Wildman–Crippen LogP) is 4.24. The van der Waals surface area contributed by atoms with Crippen molar-refractivity contribution in [1.82, 2.24) is 4.98 Å². The number of carbonyl (C=O) groups excluding carboxylic acids is 2. The standard InChI is InChI=1S/C20H23NO3S/c1-11-7-8-13(18-21-10-12(2)25-18)9-14(11)15-16(22)19(3,4)24-20(5,6)17(15)23/h7-10,15H,1-6H3. The monoisotopic (exact) mass is 357 g/mol. The number of rotatable bonds is 2. The van der Waals surface area contributed by atoms with Gasteiger partial charge in [-0.1, -0.05) is 12.1 Å². The van der Waals surface area contributed by atoms with Crippen molar-refractivity contribution in [1.29, 1.82) is 0 Å². The summed E-state index contributed by atoms with van der Waals surface area (Å²) in [6.07, 6.45) is 1.83. The Morgan fingerprint density at radius 2 is 1.64 bits per heavy atom. The van der Waals surface area contributed by atoms with Crippen molar-refractivity contribution in [3.8, 4) is 10.6 Å². The largest absolute Gasteiger partial charge is 0.354 e. The molecule has 2 aromatic rings. The number of benzene rings is 1. The number of nitrogens with zero attached hydrogens (tertiary/aromatic N) is 1. The van der Waals surface area contributed by atoms with E-state index in [0.717, 1.165) is 26.6 Å². The molecule has 25 heavy (non-hydrogen) atoms. The van der Waals surface area contributed by atoms with Gasteiger partial charge in [0.2, 0.25) is 0 Å². The first-order valence-electron chi connectivity index (χ1n) is 8.35. The Kier molecular flexibility index (Phi) is 4.20. The lowest BCUT2D eigenvalue weighted by atomic mass is 9.74. The SMILES string of the molecule is Cc1cnc(-c2ccc(C)c(C3C(=O)C(C)(C)OC(C)(C)C3=O)c2)s1. The van der Waals surface area contributed by atoms with Crippen LogP contribution in [0, 0.1) is 13.8 Å². The normalized spacial score (nSPS) is 20.1. The van der Waals surface area contributed by atoms with Gasteiger partial charge in [0, 0.05) is 16.6 Å². The number of aryl methyl sites for hydroxylation is 2. The number of ether oxygens (including phenoxy) is 1. The van der Waals surface area contributed by atoms with Gasteiger partial charge in [-0.25, -0.2) is 4.98 Å². The minimum Gasteiger partial charge on any atom is -0.354 e. The number of hydrogen-bond donors (Lipinski definition) is 0. The van der Waals surface area contributed by atoms with E-state index >= 15 is 0 Å². The zero-order valence-electron chi connectivity index (χ0n) is 15.5. The maximum atomic E-state index is 13.0. The molecule has 1 aliphatic heterocycles. The fourth-order valence-electron chi connectivity index (χ4n) is 3.41. The Morgan fingerprint density at radius 1 is 1.04 bits per heavy atom. The van der Waals surface area contributed by atoms with Gasteiger partial charge in [0.1, 0.15) is 22.1 Å². The second-order valence-corrected chi connectivity index (χ2v) is 8.87. The van der Waals surface area contributed by atoms with Crippen LogP contribution in [0.1, 0.15) is 49.6 Å². The number of hydrogen-bond acceptors (Lipinski definition) is 5. The van der Waals surface area contributed by atoms with Crippen LogP contribution in [0.3, 0.4) is 0 Å². The lowest BCUT2D eigenvalue weighted by Gasteiger charge is -2.43. The van der Waals surface area contributed by atoms with E-state index in [2.05, 4.69) is 4.98 Å². The third-order valence-corrected chi connectivity index (χ3v) is 5.64. The summed E-state index contributed by atoms with van der Waals surface area (Å²) in [4.78, 5) is 31.5. The molecule has 0 spiro atoms. The zero-order valence-corrected chi connectivity index (χ0v) is 16.3. The van der Waals surface area contributed by atoms with E-state index in [1.807, 2.05) is 38.2 Å². The first kappa shape index (κ1) is 18.0. The highest BCUT2D eigenvalue weighted by molar-refractivity contribution is 7.14. The molecule has 0 saturated carbocycles. The van der Waals surface area contributed by atoms with Crippen molar-refractivity contribution in [3.05, 3.63) is 40.4 Å². The van der Waals surface area contributed by atoms with Gasteiger partial charge in [0.25, 0.3) is 0 Å². The number of thiazole rings is 1. The lowest BCUT2D eigenvalue weighted by Crippen LogP contribution is -2.58. The first-order valence-corrected chi connectivity index (χ1v) is 9.17. The van der Waals surface area contributed by atoms with Gasteiger partial charge in [-0.3, -0.25) is 9.59 Å². The Balaban J connectivity index is 2.13. The maximum absolute atomic E-state index is 13.0. The lowest BCUT2D eigenvalue weighted by molar-refractivity contribution is -0.184. The molecule has 1 saturated heterocycles. The number of ketones is 2. The summed E-state index contributed by atoms with van der Waals surface area (Å²) in [7, 11) is 0. The summed E-state index contributed by atoms with van der Waals surface area (Å²) in [6.45, 7) is 10.9. The minimum absolute atomic E-state index is 0.188. The Bertz CT molecular complexity index is 838.